The molecule has 1 fully saturated rings. The molecule has 1 aliphatic carbocycles. The van der Waals surface area contributed by atoms with Crippen molar-refractivity contribution in [2.45, 2.75) is 57.9 Å². The maximum Gasteiger partial charge on any atom is 0.135 e. The molecule has 4 nitrogen and oxygen atoms in total. The van der Waals surface area contributed by atoms with E-state index in [2.05, 4.69) is 21.7 Å². The number of nitrogens with two attached hydrogens (primary N) is 1. The van der Waals surface area contributed by atoms with Gasteiger partial charge in [0.15, 0.2) is 0 Å². The monoisotopic (exact) mass is 236 g/mol. The number of hydrogen-bond donors (Lipinski definition) is 1. The zero-order valence-electron chi connectivity index (χ0n) is 10.8. The van der Waals surface area contributed by atoms with Gasteiger partial charge in [-0.05, 0) is 44.6 Å². The maximum absolute atomic E-state index is 5.73. The quantitative estimate of drug-likeness (QED) is 0.853. The van der Waals surface area contributed by atoms with Crippen LogP contribution in [0.5, 0.6) is 0 Å². The minimum absolute atomic E-state index is 0.608. The number of aromatic nitrogens is 3. The van der Waals surface area contributed by atoms with Crippen molar-refractivity contribution in [2.75, 3.05) is 6.54 Å². The average Bonchev–Trinajstić information content (AvgIpc) is 2.84. The highest BCUT2D eigenvalue weighted by atomic mass is 15.3. The Morgan fingerprint density at radius 3 is 2.76 bits per heavy atom. The van der Waals surface area contributed by atoms with Crippen LogP contribution in [-0.2, 0) is 6.54 Å². The van der Waals surface area contributed by atoms with Crippen molar-refractivity contribution in [1.29, 1.82) is 0 Å². The second-order valence-electron chi connectivity index (χ2n) is 5.19. The molecule has 0 radical (unpaired) electrons. The van der Waals surface area contributed by atoms with Gasteiger partial charge in [-0.3, -0.25) is 0 Å². The molecule has 2 rings (SSSR count). The number of aryl methyl sites for hydroxylation is 1. The Bertz CT molecular complexity index is 326. The Balaban J connectivity index is 1.95. The van der Waals surface area contributed by atoms with Gasteiger partial charge >= 0.3 is 0 Å². The lowest BCUT2D eigenvalue weighted by molar-refractivity contribution is 0.319. The topological polar surface area (TPSA) is 56.7 Å². The average molecular weight is 236 g/mol. The molecule has 0 bridgehead atoms. The van der Waals surface area contributed by atoms with Crippen molar-refractivity contribution in [3.63, 3.8) is 0 Å². The van der Waals surface area contributed by atoms with Gasteiger partial charge in [0.2, 0.25) is 0 Å². The molecule has 0 atom stereocenters. The van der Waals surface area contributed by atoms with Gasteiger partial charge in [-0.1, -0.05) is 13.3 Å². The number of nitrogens with zero attached hydrogens (tertiary/aromatic N) is 3. The van der Waals surface area contributed by atoms with Gasteiger partial charge in [0, 0.05) is 12.5 Å². The van der Waals surface area contributed by atoms with Gasteiger partial charge < -0.3 is 10.3 Å². The number of unbranched alkanes of at least 4 members (excludes halogenated alkanes) is 1. The van der Waals surface area contributed by atoms with Gasteiger partial charge in [-0.2, -0.15) is 0 Å². The van der Waals surface area contributed by atoms with Crippen LogP contribution >= 0.6 is 0 Å². The van der Waals surface area contributed by atoms with Gasteiger partial charge in [0.25, 0.3) is 0 Å². The molecular formula is C13H24N4. The SMILES string of the molecule is CCCCn1cnnc1C1CCC(CN)CC1. The Labute approximate surface area is 104 Å². The fourth-order valence-electron chi connectivity index (χ4n) is 2.74. The van der Waals surface area contributed by atoms with E-state index in [-0.39, 0.29) is 0 Å². The van der Waals surface area contributed by atoms with E-state index >= 15 is 0 Å². The molecule has 1 aliphatic rings. The summed E-state index contributed by atoms with van der Waals surface area (Å²) in [6.07, 6.45) is 9.28. The molecule has 0 saturated heterocycles. The highest BCUT2D eigenvalue weighted by Crippen LogP contribution is 2.34. The molecule has 2 N–H and O–H groups in total. The van der Waals surface area contributed by atoms with E-state index in [1.165, 1.54) is 44.3 Å². The van der Waals surface area contributed by atoms with Crippen LogP contribution in [0.2, 0.25) is 0 Å². The molecule has 96 valence electrons. The predicted octanol–water partition coefficient (Wildman–Crippen LogP) is 2.31. The van der Waals surface area contributed by atoms with E-state index in [4.69, 9.17) is 5.73 Å². The largest absolute Gasteiger partial charge is 0.330 e. The summed E-state index contributed by atoms with van der Waals surface area (Å²) in [5.74, 6) is 2.55. The Morgan fingerprint density at radius 2 is 2.12 bits per heavy atom. The van der Waals surface area contributed by atoms with Crippen molar-refractivity contribution in [2.24, 2.45) is 11.7 Å². The highest BCUT2D eigenvalue weighted by Gasteiger charge is 2.24. The second-order valence-corrected chi connectivity index (χ2v) is 5.19. The van der Waals surface area contributed by atoms with Gasteiger partial charge in [-0.15, -0.1) is 10.2 Å². The molecule has 1 saturated carbocycles. The Kier molecular flexibility index (Phi) is 4.54. The van der Waals surface area contributed by atoms with Gasteiger partial charge in [-0.25, -0.2) is 0 Å². The molecule has 0 spiro atoms. The minimum atomic E-state index is 0.608. The zero-order chi connectivity index (χ0) is 12.1. The lowest BCUT2D eigenvalue weighted by atomic mass is 9.81. The fraction of sp³-hybridized carbons (Fsp3) is 0.846. The summed E-state index contributed by atoms with van der Waals surface area (Å²) in [6, 6.07) is 0. The van der Waals surface area contributed by atoms with E-state index in [9.17, 15) is 0 Å². The lowest BCUT2D eigenvalue weighted by Crippen LogP contribution is -2.22. The molecule has 1 heterocycles. The van der Waals surface area contributed by atoms with Crippen LogP contribution in [0.4, 0.5) is 0 Å². The molecule has 0 aliphatic heterocycles. The van der Waals surface area contributed by atoms with Crippen LogP contribution in [0.25, 0.3) is 0 Å². The molecule has 1 aromatic rings. The summed E-state index contributed by atoms with van der Waals surface area (Å²) in [5, 5.41) is 8.40. The summed E-state index contributed by atoms with van der Waals surface area (Å²) >= 11 is 0. The molecule has 0 unspecified atom stereocenters. The summed E-state index contributed by atoms with van der Waals surface area (Å²) in [7, 11) is 0. The van der Waals surface area contributed by atoms with E-state index in [1.807, 2.05) is 6.33 Å². The van der Waals surface area contributed by atoms with Gasteiger partial charge in [0.05, 0.1) is 0 Å². The Hall–Kier alpha value is -0.900. The molecule has 17 heavy (non-hydrogen) atoms. The minimum Gasteiger partial charge on any atom is -0.330 e. The van der Waals surface area contributed by atoms with Crippen molar-refractivity contribution in [3.05, 3.63) is 12.2 Å². The molecule has 0 aromatic carbocycles. The smallest absolute Gasteiger partial charge is 0.135 e. The van der Waals surface area contributed by atoms with E-state index in [1.54, 1.807) is 0 Å². The number of rotatable bonds is 5. The standard InChI is InChI=1S/C13H24N4/c1-2-3-8-17-10-15-16-13(17)12-6-4-11(9-14)5-7-12/h10-12H,2-9,14H2,1H3. The third-order valence-electron chi connectivity index (χ3n) is 3.94. The molecule has 1 aromatic heterocycles. The first kappa shape index (κ1) is 12.6. The lowest BCUT2D eigenvalue weighted by Gasteiger charge is -2.27. The fourth-order valence-corrected chi connectivity index (χ4v) is 2.74. The first-order chi connectivity index (χ1) is 8.35. The van der Waals surface area contributed by atoms with Crippen LogP contribution in [0.15, 0.2) is 6.33 Å². The first-order valence-electron chi connectivity index (χ1n) is 6.93. The molecule has 4 heteroatoms. The van der Waals surface area contributed by atoms with E-state index in [0.717, 1.165) is 19.0 Å². The Morgan fingerprint density at radius 1 is 1.35 bits per heavy atom. The second kappa shape index (κ2) is 6.15. The first-order valence-corrected chi connectivity index (χ1v) is 6.93. The molecule has 0 amide bonds. The van der Waals surface area contributed by atoms with Crippen molar-refractivity contribution >= 4 is 0 Å². The third-order valence-corrected chi connectivity index (χ3v) is 3.94. The van der Waals surface area contributed by atoms with E-state index < -0.39 is 0 Å². The van der Waals surface area contributed by atoms with Crippen molar-refractivity contribution in [1.82, 2.24) is 14.8 Å². The number of hydrogen-bond acceptors (Lipinski definition) is 3. The van der Waals surface area contributed by atoms with Gasteiger partial charge in [0.1, 0.15) is 12.2 Å². The summed E-state index contributed by atoms with van der Waals surface area (Å²) < 4.78 is 2.25. The van der Waals surface area contributed by atoms with Crippen molar-refractivity contribution in [3.8, 4) is 0 Å². The molecular weight excluding hydrogens is 212 g/mol. The van der Waals surface area contributed by atoms with Crippen LogP contribution in [-0.4, -0.2) is 21.3 Å². The predicted molar refractivity (Wildman–Crippen MR) is 68.7 cm³/mol. The van der Waals surface area contributed by atoms with Crippen molar-refractivity contribution < 1.29 is 0 Å². The highest BCUT2D eigenvalue weighted by molar-refractivity contribution is 4.98. The third kappa shape index (κ3) is 3.06. The zero-order valence-corrected chi connectivity index (χ0v) is 10.8. The summed E-state index contributed by atoms with van der Waals surface area (Å²) in [5.41, 5.74) is 5.73. The summed E-state index contributed by atoms with van der Waals surface area (Å²) in [6.45, 7) is 4.13. The van der Waals surface area contributed by atoms with Crippen LogP contribution in [0.3, 0.4) is 0 Å². The van der Waals surface area contributed by atoms with Crippen LogP contribution < -0.4 is 5.73 Å². The van der Waals surface area contributed by atoms with Crippen LogP contribution in [0, 0.1) is 5.92 Å². The maximum atomic E-state index is 5.73. The summed E-state index contributed by atoms with van der Waals surface area (Å²) in [4.78, 5) is 0. The van der Waals surface area contributed by atoms with Crippen LogP contribution in [0.1, 0.15) is 57.2 Å². The van der Waals surface area contributed by atoms with E-state index in [0.29, 0.717) is 5.92 Å². The normalized spacial score (nSPS) is 25.1.